The molecule has 5 nitrogen and oxygen atoms in total. The van der Waals surface area contributed by atoms with Gasteiger partial charge in [-0.15, -0.1) is 0 Å². The molecule has 6 heteroatoms. The van der Waals surface area contributed by atoms with Crippen LogP contribution in [0, 0.1) is 0 Å². The number of benzene rings is 1. The van der Waals surface area contributed by atoms with Gasteiger partial charge in [-0.2, -0.15) is 0 Å². The maximum Gasteiger partial charge on any atom is 0.255 e. The summed E-state index contributed by atoms with van der Waals surface area (Å²) in [5, 5.41) is 2.88. The van der Waals surface area contributed by atoms with E-state index in [1.807, 2.05) is 41.5 Å². The molecule has 0 aliphatic carbocycles. The van der Waals surface area contributed by atoms with Crippen LogP contribution in [0.3, 0.4) is 0 Å². The molecular weight excluding hydrogens is 384 g/mol. The first-order chi connectivity index (χ1) is 11.3. The van der Waals surface area contributed by atoms with E-state index in [0.717, 1.165) is 4.47 Å². The van der Waals surface area contributed by atoms with Crippen molar-refractivity contribution >= 4 is 33.5 Å². The summed E-state index contributed by atoms with van der Waals surface area (Å²) in [4.78, 5) is 40.2. The number of hydrogen-bond acceptors (Lipinski definition) is 3. The highest BCUT2D eigenvalue weighted by Gasteiger charge is 2.64. The van der Waals surface area contributed by atoms with Crippen molar-refractivity contribution in [3.8, 4) is 0 Å². The van der Waals surface area contributed by atoms with Crippen LogP contribution in [0.2, 0.25) is 0 Å². The topological polar surface area (TPSA) is 66.5 Å². The van der Waals surface area contributed by atoms with Crippen molar-refractivity contribution in [2.45, 2.75) is 64.6 Å². The molecule has 0 spiro atoms. The second kappa shape index (κ2) is 6.24. The predicted molar refractivity (Wildman–Crippen MR) is 100 cm³/mol. The Hall–Kier alpha value is -1.69. The molecule has 1 aliphatic rings. The van der Waals surface area contributed by atoms with E-state index in [2.05, 4.69) is 21.2 Å². The van der Waals surface area contributed by atoms with Gasteiger partial charge in [-0.1, -0.05) is 28.1 Å². The molecule has 0 bridgehead atoms. The first-order valence-corrected chi connectivity index (χ1v) is 9.04. The predicted octanol–water partition coefficient (Wildman–Crippen LogP) is 3.32. The quantitative estimate of drug-likeness (QED) is 0.473. The number of likely N-dealkylation sites (tertiary alicyclic amines) is 1. The Balaban J connectivity index is 2.53. The summed E-state index contributed by atoms with van der Waals surface area (Å²) in [5.41, 5.74) is -2.24. The SMILES string of the molecule is CC(C)(C)NC(=O)C1(C(=O)c2ccc(Br)cc2)CC(=O)N1C(C)(C)C. The second-order valence-corrected chi connectivity index (χ2v) is 9.39. The largest absolute Gasteiger partial charge is 0.349 e. The number of ketones is 1. The van der Waals surface area contributed by atoms with Gasteiger partial charge in [-0.3, -0.25) is 14.4 Å². The lowest BCUT2D eigenvalue weighted by Gasteiger charge is -2.56. The van der Waals surface area contributed by atoms with Crippen molar-refractivity contribution in [3.63, 3.8) is 0 Å². The highest BCUT2D eigenvalue weighted by atomic mass is 79.9. The van der Waals surface area contributed by atoms with Gasteiger partial charge in [0.05, 0.1) is 6.42 Å². The number of Topliss-reactive ketones (excluding diaryl/α,β-unsaturated/α-hetero) is 1. The van der Waals surface area contributed by atoms with Crippen LogP contribution in [0.15, 0.2) is 28.7 Å². The number of rotatable bonds is 3. The Labute approximate surface area is 157 Å². The fourth-order valence-corrected chi connectivity index (χ4v) is 3.46. The molecule has 0 radical (unpaired) electrons. The van der Waals surface area contributed by atoms with Gasteiger partial charge in [0.15, 0.2) is 11.3 Å². The fourth-order valence-electron chi connectivity index (χ4n) is 3.20. The maximum atomic E-state index is 13.3. The van der Waals surface area contributed by atoms with Crippen LogP contribution in [0.25, 0.3) is 0 Å². The summed E-state index contributed by atoms with van der Waals surface area (Å²) in [7, 11) is 0. The van der Waals surface area contributed by atoms with E-state index in [4.69, 9.17) is 0 Å². The van der Waals surface area contributed by atoms with E-state index in [1.165, 1.54) is 4.90 Å². The molecule has 1 saturated heterocycles. The van der Waals surface area contributed by atoms with E-state index in [1.54, 1.807) is 24.3 Å². The van der Waals surface area contributed by atoms with E-state index < -0.39 is 22.5 Å². The van der Waals surface area contributed by atoms with E-state index >= 15 is 0 Å². The van der Waals surface area contributed by atoms with Gasteiger partial charge < -0.3 is 10.2 Å². The minimum absolute atomic E-state index is 0.110. The van der Waals surface area contributed by atoms with Crippen LogP contribution in [-0.2, 0) is 9.59 Å². The Morgan fingerprint density at radius 2 is 1.60 bits per heavy atom. The fraction of sp³-hybridized carbons (Fsp3) is 0.526. The Morgan fingerprint density at radius 1 is 1.08 bits per heavy atom. The lowest BCUT2D eigenvalue weighted by atomic mass is 9.73. The molecule has 0 saturated carbocycles. The summed E-state index contributed by atoms with van der Waals surface area (Å²) in [6.07, 6.45) is -0.110. The number of halogens is 1. The van der Waals surface area contributed by atoms with Crippen molar-refractivity contribution < 1.29 is 14.4 Å². The number of hydrogen-bond donors (Lipinski definition) is 1. The minimum atomic E-state index is -1.50. The Bertz CT molecular complexity index is 714. The van der Waals surface area contributed by atoms with Crippen LogP contribution in [0.5, 0.6) is 0 Å². The molecule has 2 rings (SSSR count). The smallest absolute Gasteiger partial charge is 0.255 e. The van der Waals surface area contributed by atoms with Crippen molar-refractivity contribution in [1.29, 1.82) is 0 Å². The van der Waals surface area contributed by atoms with E-state index in [-0.39, 0.29) is 18.1 Å². The average Bonchev–Trinajstić information content (AvgIpc) is 2.40. The second-order valence-electron chi connectivity index (χ2n) is 8.48. The van der Waals surface area contributed by atoms with Gasteiger partial charge >= 0.3 is 0 Å². The summed E-state index contributed by atoms with van der Waals surface area (Å²) in [6, 6.07) is 6.85. The first-order valence-electron chi connectivity index (χ1n) is 8.25. The zero-order chi connectivity index (χ0) is 19.2. The highest BCUT2D eigenvalue weighted by molar-refractivity contribution is 9.10. The number of β-lactam (4-membered cyclic amide) rings is 1. The van der Waals surface area contributed by atoms with Crippen LogP contribution in [-0.4, -0.2) is 39.1 Å². The zero-order valence-corrected chi connectivity index (χ0v) is 17.2. The molecule has 1 N–H and O–H groups in total. The summed E-state index contributed by atoms with van der Waals surface area (Å²) in [5.74, 6) is -0.972. The Morgan fingerprint density at radius 3 is 2.00 bits per heavy atom. The van der Waals surface area contributed by atoms with Gasteiger partial charge in [0, 0.05) is 21.1 Å². The molecule has 0 aromatic heterocycles. The molecule has 136 valence electrons. The Kier molecular flexibility index (Phi) is 4.90. The minimum Gasteiger partial charge on any atom is -0.349 e. The molecule has 1 unspecified atom stereocenters. The molecule has 1 fully saturated rings. The normalized spacial score (nSPS) is 20.9. The van der Waals surface area contributed by atoms with Gasteiger partial charge in [-0.05, 0) is 53.7 Å². The number of amides is 2. The zero-order valence-electron chi connectivity index (χ0n) is 15.6. The van der Waals surface area contributed by atoms with Crippen LogP contribution in [0.1, 0.15) is 58.3 Å². The standard InChI is InChI=1S/C19H25BrN2O3/c1-17(2,3)21-16(25)19(11-14(23)22(19)18(4,5)6)15(24)12-7-9-13(20)10-8-12/h7-10H,11H2,1-6H3,(H,21,25). The molecular formula is C19H25BrN2O3. The summed E-state index contributed by atoms with van der Waals surface area (Å²) in [6.45, 7) is 11.0. The molecule has 1 aliphatic heterocycles. The van der Waals surface area contributed by atoms with Crippen LogP contribution in [0.4, 0.5) is 0 Å². The summed E-state index contributed by atoms with van der Waals surface area (Å²) >= 11 is 3.34. The third-order valence-electron chi connectivity index (χ3n) is 4.06. The van der Waals surface area contributed by atoms with Gasteiger partial charge in [0.2, 0.25) is 5.91 Å². The number of carbonyl (C=O) groups is 3. The van der Waals surface area contributed by atoms with Crippen molar-refractivity contribution in [3.05, 3.63) is 34.3 Å². The van der Waals surface area contributed by atoms with Crippen molar-refractivity contribution in [1.82, 2.24) is 10.2 Å². The lowest BCUT2D eigenvalue weighted by molar-refractivity contribution is -0.170. The number of nitrogens with one attached hydrogen (secondary N) is 1. The van der Waals surface area contributed by atoms with Crippen LogP contribution < -0.4 is 5.32 Å². The highest BCUT2D eigenvalue weighted by Crippen LogP contribution is 2.41. The molecule has 1 heterocycles. The number of nitrogens with zero attached hydrogens (tertiary/aromatic N) is 1. The van der Waals surface area contributed by atoms with Gasteiger partial charge in [-0.25, -0.2) is 0 Å². The summed E-state index contributed by atoms with van der Waals surface area (Å²) < 4.78 is 0.842. The third-order valence-corrected chi connectivity index (χ3v) is 4.58. The van der Waals surface area contributed by atoms with Crippen molar-refractivity contribution in [2.75, 3.05) is 0 Å². The molecule has 1 atom stereocenters. The molecule has 1 aromatic carbocycles. The molecule has 25 heavy (non-hydrogen) atoms. The van der Waals surface area contributed by atoms with E-state index in [0.29, 0.717) is 5.56 Å². The van der Waals surface area contributed by atoms with E-state index in [9.17, 15) is 14.4 Å². The average molecular weight is 409 g/mol. The van der Waals surface area contributed by atoms with Crippen molar-refractivity contribution in [2.24, 2.45) is 0 Å². The van der Waals surface area contributed by atoms with Gasteiger partial charge in [0.1, 0.15) is 0 Å². The monoisotopic (exact) mass is 408 g/mol. The first kappa shape index (κ1) is 19.6. The molecule has 2 amide bonds. The third kappa shape index (κ3) is 3.64. The maximum absolute atomic E-state index is 13.3. The lowest BCUT2D eigenvalue weighted by Crippen LogP contribution is -2.78. The van der Waals surface area contributed by atoms with Gasteiger partial charge in [0.25, 0.3) is 5.91 Å². The molecule has 1 aromatic rings. The van der Waals surface area contributed by atoms with Crippen LogP contribution >= 0.6 is 15.9 Å². The number of carbonyl (C=O) groups excluding carboxylic acids is 3.